The summed E-state index contributed by atoms with van der Waals surface area (Å²) in [4.78, 5) is 0. The highest BCUT2D eigenvalue weighted by atomic mass is 14.6. The molecule has 4 aliphatic carbocycles. The van der Waals surface area contributed by atoms with Gasteiger partial charge in [-0.2, -0.15) is 0 Å². The van der Waals surface area contributed by atoms with E-state index in [4.69, 9.17) is 0 Å². The van der Waals surface area contributed by atoms with Gasteiger partial charge in [-0.25, -0.2) is 0 Å². The summed E-state index contributed by atoms with van der Waals surface area (Å²) in [6, 6.07) is 0. The van der Waals surface area contributed by atoms with Crippen molar-refractivity contribution in [3.8, 4) is 0 Å². The largest absolute Gasteiger partial charge is 0.0591 e. The molecule has 4 saturated carbocycles. The van der Waals surface area contributed by atoms with Crippen LogP contribution in [0.1, 0.15) is 71.1 Å². The Morgan fingerprint density at radius 1 is 0.647 bits per heavy atom. The van der Waals surface area contributed by atoms with Crippen LogP contribution in [0.5, 0.6) is 0 Å². The van der Waals surface area contributed by atoms with Gasteiger partial charge in [0.25, 0.3) is 0 Å². The lowest BCUT2D eigenvalue weighted by atomic mass is 9.57. The molecule has 0 aromatic rings. The summed E-state index contributed by atoms with van der Waals surface area (Å²) in [5, 5.41) is 0. The highest BCUT2D eigenvalue weighted by Gasteiger charge is 2.50. The van der Waals surface area contributed by atoms with Crippen LogP contribution in [-0.4, -0.2) is 0 Å². The first-order valence-electron chi connectivity index (χ1n) is 8.24. The van der Waals surface area contributed by atoms with Gasteiger partial charge in [-0.3, -0.25) is 0 Å². The normalized spacial score (nSPS) is 57.4. The molecule has 5 atom stereocenters. The molecule has 0 heteroatoms. The Bertz CT molecular complexity index is 295. The van der Waals surface area contributed by atoms with Gasteiger partial charge in [-0.1, -0.05) is 26.2 Å². The fraction of sp³-hybridized carbons (Fsp3) is 1.00. The zero-order valence-corrected chi connectivity index (χ0v) is 11.5. The predicted molar refractivity (Wildman–Crippen MR) is 71.7 cm³/mol. The van der Waals surface area contributed by atoms with Crippen molar-refractivity contribution in [1.82, 2.24) is 0 Å². The maximum absolute atomic E-state index is 2.69. The highest BCUT2D eigenvalue weighted by Crippen LogP contribution is 2.60. The van der Waals surface area contributed by atoms with Crippen LogP contribution in [0.25, 0.3) is 0 Å². The van der Waals surface area contributed by atoms with E-state index in [0.717, 1.165) is 35.0 Å². The van der Waals surface area contributed by atoms with Gasteiger partial charge in [-0.15, -0.1) is 0 Å². The van der Waals surface area contributed by atoms with Crippen molar-refractivity contribution < 1.29 is 0 Å². The molecule has 0 heterocycles. The van der Waals surface area contributed by atoms with Crippen LogP contribution < -0.4 is 0 Å². The first-order valence-corrected chi connectivity index (χ1v) is 8.24. The van der Waals surface area contributed by atoms with Gasteiger partial charge in [0.05, 0.1) is 0 Å². The SMILES string of the molecule is CC1(C2CC3CCC(C3)C2)CCC2CCC1C2. The molecule has 0 saturated heterocycles. The van der Waals surface area contributed by atoms with Gasteiger partial charge in [-0.05, 0) is 80.0 Å². The second kappa shape index (κ2) is 3.75. The van der Waals surface area contributed by atoms with E-state index >= 15 is 0 Å². The van der Waals surface area contributed by atoms with Gasteiger partial charge >= 0.3 is 0 Å². The van der Waals surface area contributed by atoms with Crippen molar-refractivity contribution in [2.75, 3.05) is 0 Å². The number of hydrogen-bond donors (Lipinski definition) is 0. The van der Waals surface area contributed by atoms with Gasteiger partial charge in [0.2, 0.25) is 0 Å². The Labute approximate surface area is 107 Å². The Morgan fingerprint density at radius 2 is 1.29 bits per heavy atom. The maximum Gasteiger partial charge on any atom is -0.0269 e. The van der Waals surface area contributed by atoms with Crippen molar-refractivity contribution in [3.63, 3.8) is 0 Å². The minimum atomic E-state index is 0.758. The standard InChI is InChI=1S/C17H28/c1-17(7-6-12-4-5-15(17)9-12)16-10-13-2-3-14(8-13)11-16/h12-16H,2-11H2,1H3. The summed E-state index contributed by atoms with van der Waals surface area (Å²) in [5.41, 5.74) is 0.758. The van der Waals surface area contributed by atoms with E-state index in [1.807, 2.05) is 0 Å². The first-order chi connectivity index (χ1) is 8.24. The lowest BCUT2D eigenvalue weighted by Crippen LogP contribution is -2.39. The Hall–Kier alpha value is 0. The Kier molecular flexibility index (Phi) is 2.40. The molecule has 4 rings (SSSR count). The number of hydrogen-bond acceptors (Lipinski definition) is 0. The highest BCUT2D eigenvalue weighted by molar-refractivity contribution is 5.00. The first kappa shape index (κ1) is 10.9. The van der Waals surface area contributed by atoms with E-state index in [1.54, 1.807) is 64.2 Å². The lowest BCUT2D eigenvalue weighted by Gasteiger charge is -2.48. The van der Waals surface area contributed by atoms with E-state index in [2.05, 4.69) is 6.92 Å². The monoisotopic (exact) mass is 232 g/mol. The Balaban J connectivity index is 1.56. The third kappa shape index (κ3) is 1.62. The summed E-state index contributed by atoms with van der Waals surface area (Å²) in [5.74, 6) is 5.62. The van der Waals surface area contributed by atoms with Crippen LogP contribution in [0.2, 0.25) is 0 Å². The molecular formula is C17H28. The molecule has 0 aromatic heterocycles. The third-order valence-corrected chi connectivity index (χ3v) is 7.38. The second-order valence-corrected chi connectivity index (χ2v) is 8.13. The van der Waals surface area contributed by atoms with Crippen LogP contribution >= 0.6 is 0 Å². The smallest absolute Gasteiger partial charge is 0.0269 e. The maximum atomic E-state index is 2.69. The van der Waals surface area contributed by atoms with Crippen LogP contribution in [0.15, 0.2) is 0 Å². The van der Waals surface area contributed by atoms with Gasteiger partial charge in [0.15, 0.2) is 0 Å². The Morgan fingerprint density at radius 3 is 2.06 bits per heavy atom. The molecule has 0 radical (unpaired) electrons. The molecule has 0 nitrogen and oxygen atoms in total. The second-order valence-electron chi connectivity index (χ2n) is 8.13. The van der Waals surface area contributed by atoms with E-state index in [-0.39, 0.29) is 0 Å². The molecule has 0 spiro atoms. The molecule has 5 unspecified atom stereocenters. The molecule has 96 valence electrons. The van der Waals surface area contributed by atoms with E-state index in [0.29, 0.717) is 0 Å². The molecule has 0 aliphatic heterocycles. The van der Waals surface area contributed by atoms with Crippen molar-refractivity contribution in [3.05, 3.63) is 0 Å². The van der Waals surface area contributed by atoms with Crippen LogP contribution in [0.3, 0.4) is 0 Å². The van der Waals surface area contributed by atoms with Crippen LogP contribution in [0.4, 0.5) is 0 Å². The van der Waals surface area contributed by atoms with Gasteiger partial charge < -0.3 is 0 Å². The van der Waals surface area contributed by atoms with E-state index in [9.17, 15) is 0 Å². The molecule has 4 aliphatic rings. The average Bonchev–Trinajstić information content (AvgIpc) is 2.90. The molecular weight excluding hydrogens is 204 g/mol. The number of rotatable bonds is 1. The minimum Gasteiger partial charge on any atom is -0.0591 e. The van der Waals surface area contributed by atoms with Crippen LogP contribution in [-0.2, 0) is 0 Å². The molecule has 0 N–H and O–H groups in total. The molecule has 0 amide bonds. The summed E-state index contributed by atoms with van der Waals surface area (Å²) in [6.07, 6.45) is 15.8. The quantitative estimate of drug-likeness (QED) is 0.595. The minimum absolute atomic E-state index is 0.758. The summed E-state index contributed by atoms with van der Waals surface area (Å²) in [7, 11) is 0. The molecule has 17 heavy (non-hydrogen) atoms. The average molecular weight is 232 g/mol. The third-order valence-electron chi connectivity index (χ3n) is 7.38. The lowest BCUT2D eigenvalue weighted by molar-refractivity contribution is 0.0139. The van der Waals surface area contributed by atoms with Crippen molar-refractivity contribution in [2.24, 2.45) is 35.0 Å². The van der Waals surface area contributed by atoms with Gasteiger partial charge in [0.1, 0.15) is 0 Å². The molecule has 0 aromatic carbocycles. The molecule has 4 fully saturated rings. The summed E-state index contributed by atoms with van der Waals surface area (Å²) < 4.78 is 0. The van der Waals surface area contributed by atoms with Crippen molar-refractivity contribution in [2.45, 2.75) is 71.1 Å². The van der Waals surface area contributed by atoms with E-state index in [1.165, 1.54) is 0 Å². The predicted octanol–water partition coefficient (Wildman–Crippen LogP) is 5.03. The zero-order chi connectivity index (χ0) is 11.5. The number of fused-ring (bicyclic) bond motifs is 4. The molecule has 4 bridgehead atoms. The fourth-order valence-corrected chi connectivity index (χ4v) is 6.24. The fourth-order valence-electron chi connectivity index (χ4n) is 6.24. The van der Waals surface area contributed by atoms with Crippen molar-refractivity contribution in [1.29, 1.82) is 0 Å². The summed E-state index contributed by atoms with van der Waals surface area (Å²) in [6.45, 7) is 2.69. The topological polar surface area (TPSA) is 0 Å². The van der Waals surface area contributed by atoms with Crippen molar-refractivity contribution >= 4 is 0 Å². The van der Waals surface area contributed by atoms with Gasteiger partial charge in [0, 0.05) is 0 Å². The summed E-state index contributed by atoms with van der Waals surface area (Å²) >= 11 is 0. The zero-order valence-electron chi connectivity index (χ0n) is 11.5. The van der Waals surface area contributed by atoms with E-state index < -0.39 is 0 Å². The van der Waals surface area contributed by atoms with Crippen LogP contribution in [0, 0.1) is 35.0 Å².